The predicted molar refractivity (Wildman–Crippen MR) is 137 cm³/mol. The van der Waals surface area contributed by atoms with Crippen molar-refractivity contribution in [1.29, 1.82) is 0 Å². The van der Waals surface area contributed by atoms with Crippen LogP contribution in [0.5, 0.6) is 0 Å². The van der Waals surface area contributed by atoms with E-state index in [-0.39, 0.29) is 0 Å². The fourth-order valence-corrected chi connectivity index (χ4v) is 4.97. The number of thiazole rings is 1. The summed E-state index contributed by atoms with van der Waals surface area (Å²) in [5.41, 5.74) is 9.63. The minimum atomic E-state index is -0.416. The molecule has 1 fully saturated rings. The maximum Gasteiger partial charge on any atom is 0.281 e. The van der Waals surface area contributed by atoms with Gasteiger partial charge in [0, 0.05) is 24.0 Å². The van der Waals surface area contributed by atoms with Gasteiger partial charge in [0.25, 0.3) is 11.8 Å². The molecule has 1 saturated heterocycles. The van der Waals surface area contributed by atoms with E-state index >= 15 is 0 Å². The lowest BCUT2D eigenvalue weighted by molar-refractivity contribution is 0.0849. The van der Waals surface area contributed by atoms with Crippen LogP contribution in [0.1, 0.15) is 31.3 Å². The molecule has 2 amide bonds. The minimum absolute atomic E-state index is 0.398. The van der Waals surface area contributed by atoms with Crippen molar-refractivity contribution >= 4 is 39.2 Å². The number of nitrogens with one attached hydrogen (secondary N) is 2. The number of hydrogen-bond donors (Lipinski definition) is 2. The van der Waals surface area contributed by atoms with E-state index in [0.29, 0.717) is 45.9 Å². The summed E-state index contributed by atoms with van der Waals surface area (Å²) >= 11 is 1.31. The number of aromatic nitrogens is 2. The summed E-state index contributed by atoms with van der Waals surface area (Å²) < 4.78 is 5.39. The third kappa shape index (κ3) is 4.87. The van der Waals surface area contributed by atoms with Crippen molar-refractivity contribution < 1.29 is 14.3 Å². The van der Waals surface area contributed by atoms with E-state index in [1.54, 1.807) is 13.0 Å². The summed E-state index contributed by atoms with van der Waals surface area (Å²) in [7, 11) is 0. The van der Waals surface area contributed by atoms with Gasteiger partial charge >= 0.3 is 0 Å². The molecule has 2 aromatic heterocycles. The van der Waals surface area contributed by atoms with Gasteiger partial charge in [-0.05, 0) is 26.0 Å². The number of carbonyl (C=O) groups excluding carboxylic acids is 2. The first-order valence-electron chi connectivity index (χ1n) is 11.4. The fourth-order valence-electron chi connectivity index (χ4n) is 3.96. The average Bonchev–Trinajstić information content (AvgIpc) is 3.29. The second-order valence-electron chi connectivity index (χ2n) is 8.36. The van der Waals surface area contributed by atoms with E-state index in [9.17, 15) is 9.59 Å². The molecule has 0 atom stereocenters. The van der Waals surface area contributed by atoms with Gasteiger partial charge in [0.1, 0.15) is 4.88 Å². The van der Waals surface area contributed by atoms with E-state index in [0.717, 1.165) is 29.3 Å². The van der Waals surface area contributed by atoms with Gasteiger partial charge in [-0.15, -0.1) is 0 Å². The molecule has 0 bridgehead atoms. The highest BCUT2D eigenvalue weighted by Gasteiger charge is 2.21. The average molecular weight is 488 g/mol. The third-order valence-corrected chi connectivity index (χ3v) is 7.09. The molecule has 4 aromatic rings. The number of carbonyl (C=O) groups is 2. The Labute approximate surface area is 206 Å². The Morgan fingerprint density at radius 3 is 2.43 bits per heavy atom. The first-order valence-corrected chi connectivity index (χ1v) is 12.2. The Morgan fingerprint density at radius 2 is 1.66 bits per heavy atom. The van der Waals surface area contributed by atoms with Gasteiger partial charge in [0.05, 0.1) is 35.7 Å². The third-order valence-electron chi connectivity index (χ3n) is 5.87. The van der Waals surface area contributed by atoms with Gasteiger partial charge < -0.3 is 9.64 Å². The summed E-state index contributed by atoms with van der Waals surface area (Å²) in [6, 6.07) is 17.2. The number of rotatable bonds is 4. The number of morpholine rings is 1. The first kappa shape index (κ1) is 22.9. The van der Waals surface area contributed by atoms with Crippen molar-refractivity contribution in [2.24, 2.45) is 0 Å². The summed E-state index contributed by atoms with van der Waals surface area (Å²) in [6.45, 7) is 6.57. The Balaban J connectivity index is 1.36. The van der Waals surface area contributed by atoms with E-state index in [1.807, 2.05) is 55.5 Å². The zero-order valence-electron chi connectivity index (χ0n) is 19.5. The van der Waals surface area contributed by atoms with Crippen LogP contribution >= 0.6 is 11.3 Å². The molecule has 178 valence electrons. The maximum absolute atomic E-state index is 13.2. The first-order chi connectivity index (χ1) is 17.0. The Kier molecular flexibility index (Phi) is 6.43. The van der Waals surface area contributed by atoms with E-state index in [4.69, 9.17) is 9.72 Å². The number of amides is 2. The molecule has 2 aromatic carbocycles. The molecule has 1 aliphatic rings. The van der Waals surface area contributed by atoms with Crippen LogP contribution in [-0.4, -0.2) is 48.1 Å². The Hall–Kier alpha value is -3.82. The van der Waals surface area contributed by atoms with Gasteiger partial charge in [-0.1, -0.05) is 59.4 Å². The van der Waals surface area contributed by atoms with Crippen LogP contribution in [0.15, 0.2) is 54.6 Å². The van der Waals surface area contributed by atoms with Crippen LogP contribution in [0.4, 0.5) is 5.13 Å². The molecule has 3 heterocycles. The van der Waals surface area contributed by atoms with Crippen LogP contribution in [0, 0.1) is 13.8 Å². The highest BCUT2D eigenvalue weighted by Crippen LogP contribution is 2.27. The summed E-state index contributed by atoms with van der Waals surface area (Å²) in [4.78, 5) is 37.9. The van der Waals surface area contributed by atoms with Gasteiger partial charge in [0.2, 0.25) is 0 Å². The number of hydrazine groups is 1. The number of aryl methyl sites for hydroxylation is 2. The molecule has 2 N–H and O–H groups in total. The number of pyridine rings is 1. The van der Waals surface area contributed by atoms with Crippen molar-refractivity contribution in [3.05, 3.63) is 76.3 Å². The molecule has 0 unspecified atom stereocenters. The standard InChI is InChI=1S/C26H25N5O3S/c1-16-7-9-18(10-8-16)22-15-20(19-5-3-4-6-21(19)28-22)24(32)29-30-25(33)23-17(2)27-26(35-23)31-11-13-34-14-12-31/h3-10,15H,11-14H2,1-2H3,(H,29,32)(H,30,33). The monoisotopic (exact) mass is 487 g/mol. The van der Waals surface area contributed by atoms with Crippen molar-refractivity contribution in [2.75, 3.05) is 31.2 Å². The van der Waals surface area contributed by atoms with Crippen LogP contribution in [0.3, 0.4) is 0 Å². The van der Waals surface area contributed by atoms with Gasteiger partial charge in [-0.25, -0.2) is 9.97 Å². The van der Waals surface area contributed by atoms with Crippen molar-refractivity contribution in [3.63, 3.8) is 0 Å². The predicted octanol–water partition coefficient (Wildman–Crippen LogP) is 3.89. The van der Waals surface area contributed by atoms with Gasteiger partial charge in [-0.2, -0.15) is 0 Å². The molecular weight excluding hydrogens is 462 g/mol. The van der Waals surface area contributed by atoms with E-state index < -0.39 is 11.8 Å². The second-order valence-corrected chi connectivity index (χ2v) is 9.33. The van der Waals surface area contributed by atoms with Gasteiger partial charge in [-0.3, -0.25) is 20.4 Å². The lowest BCUT2D eigenvalue weighted by atomic mass is 10.0. The van der Waals surface area contributed by atoms with Crippen LogP contribution in [-0.2, 0) is 4.74 Å². The number of benzene rings is 2. The molecule has 8 nitrogen and oxygen atoms in total. The highest BCUT2D eigenvalue weighted by atomic mass is 32.1. The molecular formula is C26H25N5O3S. The molecule has 1 aliphatic heterocycles. The smallest absolute Gasteiger partial charge is 0.281 e. The number of fused-ring (bicyclic) bond motifs is 1. The van der Waals surface area contributed by atoms with Crippen molar-refractivity contribution in [1.82, 2.24) is 20.8 Å². The number of anilines is 1. The minimum Gasteiger partial charge on any atom is -0.378 e. The molecule has 5 rings (SSSR count). The molecule has 0 saturated carbocycles. The fraction of sp³-hybridized carbons (Fsp3) is 0.231. The lowest BCUT2D eigenvalue weighted by Gasteiger charge is -2.25. The quantitative estimate of drug-likeness (QED) is 0.424. The number of para-hydroxylation sites is 1. The molecule has 9 heteroatoms. The second kappa shape index (κ2) is 9.81. The van der Waals surface area contributed by atoms with Crippen LogP contribution in [0.2, 0.25) is 0 Å². The number of hydrogen-bond acceptors (Lipinski definition) is 7. The zero-order chi connectivity index (χ0) is 24.4. The summed E-state index contributed by atoms with van der Waals surface area (Å²) in [5.74, 6) is -0.814. The topological polar surface area (TPSA) is 96.5 Å². The molecule has 0 radical (unpaired) electrons. The Bertz CT molecular complexity index is 1390. The lowest BCUT2D eigenvalue weighted by Crippen LogP contribution is -2.41. The van der Waals surface area contributed by atoms with Crippen LogP contribution in [0.25, 0.3) is 22.2 Å². The van der Waals surface area contributed by atoms with E-state index in [1.165, 1.54) is 11.3 Å². The SMILES string of the molecule is Cc1ccc(-c2cc(C(=O)NNC(=O)c3sc(N4CCOCC4)nc3C)c3ccccc3n2)cc1. The summed E-state index contributed by atoms with van der Waals surface area (Å²) in [6.07, 6.45) is 0. The largest absolute Gasteiger partial charge is 0.378 e. The Morgan fingerprint density at radius 1 is 0.943 bits per heavy atom. The van der Waals surface area contributed by atoms with Crippen molar-refractivity contribution in [2.45, 2.75) is 13.8 Å². The van der Waals surface area contributed by atoms with Gasteiger partial charge in [0.15, 0.2) is 5.13 Å². The van der Waals surface area contributed by atoms with Crippen LogP contribution < -0.4 is 15.8 Å². The zero-order valence-corrected chi connectivity index (χ0v) is 20.3. The molecule has 0 spiro atoms. The normalized spacial score (nSPS) is 13.6. The van der Waals surface area contributed by atoms with E-state index in [2.05, 4.69) is 20.7 Å². The maximum atomic E-state index is 13.2. The highest BCUT2D eigenvalue weighted by molar-refractivity contribution is 7.17. The number of ether oxygens (including phenoxy) is 1. The molecule has 35 heavy (non-hydrogen) atoms. The number of nitrogens with zero attached hydrogens (tertiary/aromatic N) is 3. The summed E-state index contributed by atoms with van der Waals surface area (Å²) in [5, 5.41) is 1.49. The van der Waals surface area contributed by atoms with Crippen molar-refractivity contribution in [3.8, 4) is 11.3 Å². The molecule has 0 aliphatic carbocycles.